The van der Waals surface area contributed by atoms with Crippen LogP contribution in [-0.4, -0.2) is 22.0 Å². The molecule has 102 valence electrons. The van der Waals surface area contributed by atoms with Gasteiger partial charge in [-0.1, -0.05) is 0 Å². The van der Waals surface area contributed by atoms with Crippen LogP contribution in [0.15, 0.2) is 41.0 Å². The summed E-state index contributed by atoms with van der Waals surface area (Å²) in [5.41, 5.74) is 1.90. The summed E-state index contributed by atoms with van der Waals surface area (Å²) >= 11 is 3.24. The van der Waals surface area contributed by atoms with Crippen LogP contribution in [0.4, 0.5) is 5.69 Å². The molecule has 1 amide bonds. The van der Waals surface area contributed by atoms with E-state index in [4.69, 9.17) is 5.11 Å². The summed E-state index contributed by atoms with van der Waals surface area (Å²) in [6.45, 7) is 1.80. The third-order valence-corrected chi connectivity index (χ3v) is 3.28. The number of halogens is 1. The molecule has 1 aromatic heterocycles. The molecule has 0 bridgehead atoms. The minimum atomic E-state index is -1.02. The zero-order valence-electron chi connectivity index (χ0n) is 10.6. The van der Waals surface area contributed by atoms with Crippen molar-refractivity contribution >= 4 is 33.5 Å². The lowest BCUT2D eigenvalue weighted by Crippen LogP contribution is -2.13. The van der Waals surface area contributed by atoms with Crippen LogP contribution < -0.4 is 5.32 Å². The minimum Gasteiger partial charge on any atom is -0.478 e. The molecule has 0 saturated heterocycles. The number of aryl methyl sites for hydroxylation is 1. The van der Waals surface area contributed by atoms with Crippen molar-refractivity contribution in [1.82, 2.24) is 4.98 Å². The predicted molar refractivity (Wildman–Crippen MR) is 78.0 cm³/mol. The molecule has 0 atom stereocenters. The number of carbonyl (C=O) groups is 2. The summed E-state index contributed by atoms with van der Waals surface area (Å²) in [4.78, 5) is 26.9. The summed E-state index contributed by atoms with van der Waals surface area (Å²) in [5.74, 6) is -1.30. The van der Waals surface area contributed by atoms with Gasteiger partial charge in [-0.15, -0.1) is 0 Å². The molecule has 2 N–H and O–H groups in total. The first-order chi connectivity index (χ1) is 9.47. The van der Waals surface area contributed by atoms with Crippen molar-refractivity contribution in [2.45, 2.75) is 6.92 Å². The van der Waals surface area contributed by atoms with E-state index in [0.717, 1.165) is 5.69 Å². The second-order valence-corrected chi connectivity index (χ2v) is 4.99. The highest BCUT2D eigenvalue weighted by molar-refractivity contribution is 9.10. The van der Waals surface area contributed by atoms with Gasteiger partial charge in [-0.25, -0.2) is 4.79 Å². The normalized spacial score (nSPS) is 10.1. The molecule has 1 heterocycles. The van der Waals surface area contributed by atoms with Crippen molar-refractivity contribution < 1.29 is 14.7 Å². The molecule has 0 aliphatic carbocycles. The number of carbonyl (C=O) groups excluding carboxylic acids is 1. The molecule has 6 heteroatoms. The van der Waals surface area contributed by atoms with Crippen molar-refractivity contribution in [3.63, 3.8) is 0 Å². The van der Waals surface area contributed by atoms with Crippen LogP contribution in [0.25, 0.3) is 0 Å². The summed E-state index contributed by atoms with van der Waals surface area (Å²) in [6.07, 6.45) is 1.56. The second-order valence-electron chi connectivity index (χ2n) is 4.14. The smallest absolute Gasteiger partial charge is 0.335 e. The quantitative estimate of drug-likeness (QED) is 0.903. The number of pyridine rings is 1. The lowest BCUT2D eigenvalue weighted by molar-refractivity contribution is 0.0696. The van der Waals surface area contributed by atoms with E-state index in [1.165, 1.54) is 12.1 Å². The summed E-state index contributed by atoms with van der Waals surface area (Å²) in [7, 11) is 0. The number of benzene rings is 1. The van der Waals surface area contributed by atoms with Crippen LogP contribution >= 0.6 is 15.9 Å². The van der Waals surface area contributed by atoms with Gasteiger partial charge >= 0.3 is 5.97 Å². The Balaban J connectivity index is 2.22. The molecule has 20 heavy (non-hydrogen) atoms. The summed E-state index contributed by atoms with van der Waals surface area (Å²) in [6, 6.07) is 7.70. The molecule has 0 fully saturated rings. The molecule has 0 aliphatic heterocycles. The number of hydrogen-bond acceptors (Lipinski definition) is 3. The van der Waals surface area contributed by atoms with E-state index in [2.05, 4.69) is 26.2 Å². The third kappa shape index (κ3) is 3.21. The Morgan fingerprint density at radius 1 is 1.20 bits per heavy atom. The maximum atomic E-state index is 12.1. The number of aromatic carboxylic acids is 1. The van der Waals surface area contributed by atoms with Crippen LogP contribution in [-0.2, 0) is 0 Å². The Bertz CT molecular complexity index is 686. The molecule has 0 radical (unpaired) electrons. The van der Waals surface area contributed by atoms with E-state index in [-0.39, 0.29) is 11.5 Å². The molecular formula is C14H11BrN2O3. The van der Waals surface area contributed by atoms with Crippen LogP contribution in [0.3, 0.4) is 0 Å². The number of aromatic nitrogens is 1. The van der Waals surface area contributed by atoms with Crippen molar-refractivity contribution in [1.29, 1.82) is 0 Å². The highest BCUT2D eigenvalue weighted by Gasteiger charge is 2.11. The van der Waals surface area contributed by atoms with Gasteiger partial charge in [0.2, 0.25) is 0 Å². The number of anilines is 1. The van der Waals surface area contributed by atoms with Crippen molar-refractivity contribution in [3.05, 3.63) is 57.8 Å². The first-order valence-electron chi connectivity index (χ1n) is 5.74. The largest absolute Gasteiger partial charge is 0.478 e. The number of hydrogen-bond donors (Lipinski definition) is 2. The van der Waals surface area contributed by atoms with Gasteiger partial charge in [-0.2, -0.15) is 0 Å². The van der Waals surface area contributed by atoms with Gasteiger partial charge in [0.25, 0.3) is 5.91 Å². The van der Waals surface area contributed by atoms with Crippen LogP contribution in [0.2, 0.25) is 0 Å². The van der Waals surface area contributed by atoms with E-state index < -0.39 is 5.97 Å². The van der Waals surface area contributed by atoms with Gasteiger partial charge in [0, 0.05) is 21.9 Å². The van der Waals surface area contributed by atoms with E-state index >= 15 is 0 Å². The van der Waals surface area contributed by atoms with Crippen LogP contribution in [0.5, 0.6) is 0 Å². The van der Waals surface area contributed by atoms with Gasteiger partial charge in [0.05, 0.1) is 11.3 Å². The molecule has 1 aromatic carbocycles. The Kier molecular flexibility index (Phi) is 4.14. The van der Waals surface area contributed by atoms with Gasteiger partial charge in [-0.05, 0) is 53.2 Å². The molecule has 2 aromatic rings. The van der Waals surface area contributed by atoms with E-state index in [1.54, 1.807) is 31.3 Å². The third-order valence-electron chi connectivity index (χ3n) is 2.62. The van der Waals surface area contributed by atoms with Crippen molar-refractivity contribution in [3.8, 4) is 0 Å². The number of carboxylic acids is 1. The highest BCUT2D eigenvalue weighted by atomic mass is 79.9. The Morgan fingerprint density at radius 3 is 2.55 bits per heavy atom. The average Bonchev–Trinajstić information content (AvgIpc) is 2.40. The van der Waals surface area contributed by atoms with Crippen LogP contribution in [0.1, 0.15) is 26.4 Å². The summed E-state index contributed by atoms with van der Waals surface area (Å²) in [5, 5.41) is 11.6. The maximum absolute atomic E-state index is 12.1. The topological polar surface area (TPSA) is 79.3 Å². The van der Waals surface area contributed by atoms with Gasteiger partial charge in [0.15, 0.2) is 0 Å². The zero-order chi connectivity index (χ0) is 14.7. The van der Waals surface area contributed by atoms with Gasteiger partial charge in [-0.3, -0.25) is 9.78 Å². The summed E-state index contributed by atoms with van der Waals surface area (Å²) < 4.78 is 0.511. The Morgan fingerprint density at radius 2 is 1.95 bits per heavy atom. The van der Waals surface area contributed by atoms with E-state index in [9.17, 15) is 9.59 Å². The van der Waals surface area contributed by atoms with Crippen molar-refractivity contribution in [2.24, 2.45) is 0 Å². The lowest BCUT2D eigenvalue weighted by atomic mass is 10.2. The predicted octanol–water partition coefficient (Wildman–Crippen LogP) is 3.10. The van der Waals surface area contributed by atoms with Crippen molar-refractivity contribution in [2.75, 3.05) is 5.32 Å². The van der Waals surface area contributed by atoms with Gasteiger partial charge < -0.3 is 10.4 Å². The molecular weight excluding hydrogens is 324 g/mol. The fourth-order valence-electron chi connectivity index (χ4n) is 1.63. The monoisotopic (exact) mass is 334 g/mol. The molecule has 2 rings (SSSR count). The number of amides is 1. The SMILES string of the molecule is Cc1cc(C(=O)Nc2ccc(C(=O)O)cc2Br)ccn1. The zero-order valence-corrected chi connectivity index (χ0v) is 12.1. The molecule has 0 saturated carbocycles. The molecule has 5 nitrogen and oxygen atoms in total. The fraction of sp³-hybridized carbons (Fsp3) is 0.0714. The van der Waals surface area contributed by atoms with Crippen LogP contribution in [0, 0.1) is 6.92 Å². The minimum absolute atomic E-state index is 0.148. The van der Waals surface area contributed by atoms with Gasteiger partial charge in [0.1, 0.15) is 0 Å². The Labute approximate surface area is 123 Å². The second kappa shape index (κ2) is 5.83. The Hall–Kier alpha value is -2.21. The lowest BCUT2D eigenvalue weighted by Gasteiger charge is -2.08. The molecule has 0 unspecified atom stereocenters. The standard InChI is InChI=1S/C14H11BrN2O3/c1-8-6-9(4-5-16-8)13(18)17-12-3-2-10(14(19)20)7-11(12)15/h2-7H,1H3,(H,17,18)(H,19,20). The number of nitrogens with one attached hydrogen (secondary N) is 1. The average molecular weight is 335 g/mol. The molecule has 0 aliphatic rings. The highest BCUT2D eigenvalue weighted by Crippen LogP contribution is 2.24. The molecule has 0 spiro atoms. The maximum Gasteiger partial charge on any atom is 0.335 e. The fourth-order valence-corrected chi connectivity index (χ4v) is 2.11. The van der Waals surface area contributed by atoms with E-state index in [1.807, 2.05) is 0 Å². The number of rotatable bonds is 3. The number of carboxylic acid groups (broad SMARTS) is 1. The first kappa shape index (κ1) is 14.2. The number of nitrogens with zero attached hydrogens (tertiary/aromatic N) is 1. The van der Waals surface area contributed by atoms with E-state index in [0.29, 0.717) is 15.7 Å². The first-order valence-corrected chi connectivity index (χ1v) is 6.53.